The Hall–Kier alpha value is -2.41. The molecule has 0 saturated heterocycles. The van der Waals surface area contributed by atoms with Crippen LogP contribution in [-0.2, 0) is 14.1 Å². The zero-order valence-corrected chi connectivity index (χ0v) is 13.3. The Morgan fingerprint density at radius 1 is 1.18 bits per heavy atom. The third-order valence-electron chi connectivity index (χ3n) is 3.59. The molecule has 2 rings (SSSR count). The average Bonchev–Trinajstić information content (AvgIpc) is 2.51. The van der Waals surface area contributed by atoms with Crippen LogP contribution in [0.25, 0.3) is 0 Å². The molecular weight excluding hydrogens is 282 g/mol. The fraction of sp³-hybridized carbons (Fsp3) is 0.400. The second kappa shape index (κ2) is 6.57. The van der Waals surface area contributed by atoms with E-state index in [0.717, 1.165) is 14.8 Å². The lowest BCUT2D eigenvalue weighted by atomic mass is 10.1. The second-order valence-electron chi connectivity index (χ2n) is 5.39. The van der Waals surface area contributed by atoms with Crippen LogP contribution in [0.1, 0.15) is 11.6 Å². The molecule has 0 bridgehead atoms. The van der Waals surface area contributed by atoms with Crippen LogP contribution in [0.2, 0.25) is 0 Å². The highest BCUT2D eigenvalue weighted by atomic mass is 16.2. The van der Waals surface area contributed by atoms with Crippen molar-refractivity contribution in [2.75, 3.05) is 26.0 Å². The van der Waals surface area contributed by atoms with Gasteiger partial charge in [-0.15, -0.1) is 5.10 Å². The molecule has 0 aliphatic carbocycles. The van der Waals surface area contributed by atoms with Crippen molar-refractivity contribution in [3.05, 3.63) is 56.7 Å². The van der Waals surface area contributed by atoms with Gasteiger partial charge in [0.15, 0.2) is 0 Å². The van der Waals surface area contributed by atoms with Crippen molar-refractivity contribution in [3.63, 3.8) is 0 Å². The quantitative estimate of drug-likeness (QED) is 0.854. The van der Waals surface area contributed by atoms with Gasteiger partial charge in [0.25, 0.3) is 5.56 Å². The van der Waals surface area contributed by atoms with Crippen molar-refractivity contribution in [1.29, 1.82) is 0 Å². The molecule has 7 heteroatoms. The molecule has 0 radical (unpaired) electrons. The molecule has 0 fully saturated rings. The summed E-state index contributed by atoms with van der Waals surface area (Å²) in [5.41, 5.74) is 0.276. The van der Waals surface area contributed by atoms with Crippen molar-refractivity contribution >= 4 is 5.82 Å². The van der Waals surface area contributed by atoms with Gasteiger partial charge in [-0.25, -0.2) is 9.48 Å². The number of hydrogen-bond acceptors (Lipinski definition) is 5. The van der Waals surface area contributed by atoms with Crippen LogP contribution in [0.15, 0.2) is 39.9 Å². The molecule has 1 N–H and O–H groups in total. The molecule has 0 aliphatic rings. The number of anilines is 1. The minimum Gasteiger partial charge on any atom is -0.362 e. The lowest BCUT2D eigenvalue weighted by molar-refractivity contribution is 0.311. The molecule has 22 heavy (non-hydrogen) atoms. The molecular formula is C15H21N5O2. The minimum absolute atomic E-state index is 0.0879. The Balaban J connectivity index is 2.25. The SMILES string of the molecule is CN(C)[C@H](CNc1nn(C)c(=O)n(C)c1=O)c1ccccc1. The maximum Gasteiger partial charge on any atom is 0.346 e. The predicted octanol–water partition coefficient (Wildman–Crippen LogP) is 0.194. The Labute approximate surface area is 128 Å². The summed E-state index contributed by atoms with van der Waals surface area (Å²) in [6, 6.07) is 10.1. The molecule has 1 heterocycles. The fourth-order valence-corrected chi connectivity index (χ4v) is 2.28. The summed E-state index contributed by atoms with van der Waals surface area (Å²) in [7, 11) is 6.92. The van der Waals surface area contributed by atoms with Crippen molar-refractivity contribution in [1.82, 2.24) is 19.2 Å². The number of nitrogens with zero attached hydrogens (tertiary/aromatic N) is 4. The number of likely N-dealkylation sites (N-methyl/N-ethyl adjacent to an activating group) is 1. The van der Waals surface area contributed by atoms with Gasteiger partial charge in [-0.3, -0.25) is 9.36 Å². The van der Waals surface area contributed by atoms with E-state index < -0.39 is 11.2 Å². The van der Waals surface area contributed by atoms with E-state index in [1.54, 1.807) is 0 Å². The number of nitrogens with one attached hydrogen (secondary N) is 1. The molecule has 118 valence electrons. The molecule has 2 aromatic rings. The third-order valence-corrected chi connectivity index (χ3v) is 3.59. The smallest absolute Gasteiger partial charge is 0.346 e. The molecule has 0 aliphatic heterocycles. The maximum absolute atomic E-state index is 12.1. The number of aromatic nitrogens is 3. The van der Waals surface area contributed by atoms with Crippen molar-refractivity contribution in [3.8, 4) is 0 Å². The Morgan fingerprint density at radius 3 is 2.41 bits per heavy atom. The Kier molecular flexibility index (Phi) is 4.77. The Morgan fingerprint density at radius 2 is 1.82 bits per heavy atom. The van der Waals surface area contributed by atoms with Crippen LogP contribution < -0.4 is 16.6 Å². The Bertz CT molecular complexity index is 749. The first-order valence-corrected chi connectivity index (χ1v) is 7.01. The summed E-state index contributed by atoms with van der Waals surface area (Å²) in [6.45, 7) is 0.511. The number of benzene rings is 1. The van der Waals surface area contributed by atoms with Gasteiger partial charge >= 0.3 is 5.69 Å². The molecule has 1 aromatic heterocycles. The van der Waals surface area contributed by atoms with Crippen LogP contribution in [0.4, 0.5) is 5.82 Å². The van der Waals surface area contributed by atoms with Crippen LogP contribution in [-0.4, -0.2) is 39.9 Å². The van der Waals surface area contributed by atoms with E-state index in [2.05, 4.69) is 15.3 Å². The van der Waals surface area contributed by atoms with Gasteiger partial charge in [0.2, 0.25) is 5.82 Å². The van der Waals surface area contributed by atoms with E-state index in [9.17, 15) is 9.59 Å². The molecule has 7 nitrogen and oxygen atoms in total. The maximum atomic E-state index is 12.1. The summed E-state index contributed by atoms with van der Waals surface area (Å²) in [4.78, 5) is 25.8. The third kappa shape index (κ3) is 3.25. The van der Waals surface area contributed by atoms with Crippen LogP contribution in [0, 0.1) is 0 Å². The highest BCUT2D eigenvalue weighted by Crippen LogP contribution is 2.17. The number of aryl methyl sites for hydroxylation is 1. The first-order chi connectivity index (χ1) is 10.4. The summed E-state index contributed by atoms with van der Waals surface area (Å²) in [6.07, 6.45) is 0. The van der Waals surface area contributed by atoms with Crippen LogP contribution in [0.5, 0.6) is 0 Å². The minimum atomic E-state index is -0.442. The predicted molar refractivity (Wildman–Crippen MR) is 86.1 cm³/mol. The van der Waals surface area contributed by atoms with Gasteiger partial charge in [0, 0.05) is 20.6 Å². The second-order valence-corrected chi connectivity index (χ2v) is 5.39. The van der Waals surface area contributed by atoms with Gasteiger partial charge in [0.05, 0.1) is 6.04 Å². The van der Waals surface area contributed by atoms with E-state index >= 15 is 0 Å². The summed E-state index contributed by atoms with van der Waals surface area (Å²) in [5, 5.41) is 7.06. The monoisotopic (exact) mass is 303 g/mol. The van der Waals surface area contributed by atoms with Gasteiger partial charge in [0.1, 0.15) is 0 Å². The largest absolute Gasteiger partial charge is 0.362 e. The van der Waals surface area contributed by atoms with Gasteiger partial charge in [-0.1, -0.05) is 30.3 Å². The first-order valence-electron chi connectivity index (χ1n) is 7.01. The molecule has 0 amide bonds. The van der Waals surface area contributed by atoms with E-state index in [4.69, 9.17) is 0 Å². The average molecular weight is 303 g/mol. The zero-order valence-electron chi connectivity index (χ0n) is 13.3. The molecule has 0 saturated carbocycles. The normalized spacial score (nSPS) is 12.4. The molecule has 0 spiro atoms. The van der Waals surface area contributed by atoms with Crippen LogP contribution in [0.3, 0.4) is 0 Å². The highest BCUT2D eigenvalue weighted by Gasteiger charge is 2.15. The van der Waals surface area contributed by atoms with Crippen molar-refractivity contribution in [2.45, 2.75) is 6.04 Å². The van der Waals surface area contributed by atoms with Crippen LogP contribution >= 0.6 is 0 Å². The van der Waals surface area contributed by atoms with E-state index in [0.29, 0.717) is 6.54 Å². The first kappa shape index (κ1) is 16.0. The van der Waals surface area contributed by atoms with Gasteiger partial charge < -0.3 is 10.2 Å². The van der Waals surface area contributed by atoms with Crippen molar-refractivity contribution < 1.29 is 0 Å². The summed E-state index contributed by atoms with van der Waals surface area (Å²) >= 11 is 0. The lowest BCUT2D eigenvalue weighted by Crippen LogP contribution is -2.40. The topological polar surface area (TPSA) is 72.2 Å². The molecule has 1 atom stereocenters. The molecule has 1 aromatic carbocycles. The zero-order chi connectivity index (χ0) is 16.3. The van der Waals surface area contributed by atoms with E-state index in [1.165, 1.54) is 14.1 Å². The molecule has 0 unspecified atom stereocenters. The van der Waals surface area contributed by atoms with E-state index in [-0.39, 0.29) is 11.9 Å². The summed E-state index contributed by atoms with van der Waals surface area (Å²) in [5.74, 6) is 0.174. The highest BCUT2D eigenvalue weighted by molar-refractivity contribution is 5.31. The fourth-order valence-electron chi connectivity index (χ4n) is 2.28. The summed E-state index contributed by atoms with van der Waals surface area (Å²) < 4.78 is 2.19. The van der Waals surface area contributed by atoms with Gasteiger partial charge in [-0.2, -0.15) is 0 Å². The van der Waals surface area contributed by atoms with Gasteiger partial charge in [-0.05, 0) is 19.7 Å². The van der Waals surface area contributed by atoms with E-state index in [1.807, 2.05) is 44.4 Å². The number of rotatable bonds is 5. The number of hydrogen-bond donors (Lipinski definition) is 1. The standard InChI is InChI=1S/C15H21N5O2/c1-18(2)12(11-8-6-5-7-9-11)10-16-13-14(21)19(3)15(22)20(4)17-13/h5-9,12H,10H2,1-4H3,(H,16,17)/t12-/m1/s1. The van der Waals surface area contributed by atoms with Crippen molar-refractivity contribution in [2.24, 2.45) is 14.1 Å². The lowest BCUT2D eigenvalue weighted by Gasteiger charge is -2.25.